The van der Waals surface area contributed by atoms with Crippen molar-refractivity contribution in [3.05, 3.63) is 54.1 Å². The average molecular weight is 297 g/mol. The van der Waals surface area contributed by atoms with Crippen molar-refractivity contribution in [3.63, 3.8) is 0 Å². The van der Waals surface area contributed by atoms with Gasteiger partial charge in [-0.25, -0.2) is 0 Å². The van der Waals surface area contributed by atoms with Crippen LogP contribution in [0.2, 0.25) is 0 Å². The zero-order valence-electron chi connectivity index (χ0n) is 12.7. The van der Waals surface area contributed by atoms with Gasteiger partial charge in [0.15, 0.2) is 0 Å². The Balaban J connectivity index is 1.62. The molecule has 1 aliphatic rings. The highest BCUT2D eigenvalue weighted by molar-refractivity contribution is 7.98. The van der Waals surface area contributed by atoms with Crippen molar-refractivity contribution in [3.8, 4) is 11.1 Å². The van der Waals surface area contributed by atoms with Crippen LogP contribution < -0.4 is 0 Å². The molecular weight excluding hydrogens is 274 g/mol. The molecule has 1 saturated heterocycles. The highest BCUT2D eigenvalue weighted by Gasteiger charge is 2.10. The van der Waals surface area contributed by atoms with E-state index in [-0.39, 0.29) is 0 Å². The molecule has 0 amide bonds. The minimum absolute atomic E-state index is 1.17. The first-order chi connectivity index (χ1) is 10.3. The lowest BCUT2D eigenvalue weighted by atomic mass is 10.0. The molecule has 1 aliphatic heterocycles. The monoisotopic (exact) mass is 297 g/mol. The Morgan fingerprint density at radius 3 is 2.00 bits per heavy atom. The zero-order valence-corrected chi connectivity index (χ0v) is 13.5. The van der Waals surface area contributed by atoms with Crippen LogP contribution in [0.3, 0.4) is 0 Å². The number of thioether (sulfide) groups is 1. The van der Waals surface area contributed by atoms with Crippen LogP contribution in [0.15, 0.2) is 53.4 Å². The number of hydrogen-bond acceptors (Lipinski definition) is 2. The summed E-state index contributed by atoms with van der Waals surface area (Å²) in [6.45, 7) is 3.79. The van der Waals surface area contributed by atoms with E-state index < -0.39 is 0 Å². The molecule has 0 aliphatic carbocycles. The molecule has 21 heavy (non-hydrogen) atoms. The van der Waals surface area contributed by atoms with Crippen LogP contribution in [0.1, 0.15) is 18.4 Å². The topological polar surface area (TPSA) is 3.24 Å². The lowest BCUT2D eigenvalue weighted by Crippen LogP contribution is -2.21. The quantitative estimate of drug-likeness (QED) is 0.735. The first-order valence-corrected chi connectivity index (χ1v) is 9.03. The van der Waals surface area contributed by atoms with Gasteiger partial charge in [-0.2, -0.15) is 0 Å². The van der Waals surface area contributed by atoms with Crippen LogP contribution in [0.5, 0.6) is 0 Å². The third-order valence-corrected chi connectivity index (χ3v) is 5.04. The van der Waals surface area contributed by atoms with Crippen LogP contribution in [0, 0.1) is 0 Å². The van der Waals surface area contributed by atoms with Gasteiger partial charge in [0.25, 0.3) is 0 Å². The van der Waals surface area contributed by atoms with Gasteiger partial charge in [-0.15, -0.1) is 11.8 Å². The summed E-state index contributed by atoms with van der Waals surface area (Å²) < 4.78 is 0. The molecule has 0 aromatic heterocycles. The van der Waals surface area contributed by atoms with Gasteiger partial charge in [-0.05, 0) is 67.4 Å². The van der Waals surface area contributed by atoms with Gasteiger partial charge in [0.1, 0.15) is 0 Å². The van der Waals surface area contributed by atoms with E-state index in [2.05, 4.69) is 59.7 Å². The van der Waals surface area contributed by atoms with E-state index in [4.69, 9.17) is 0 Å². The van der Waals surface area contributed by atoms with Gasteiger partial charge in [-0.1, -0.05) is 36.4 Å². The van der Waals surface area contributed by atoms with Crippen LogP contribution in [-0.4, -0.2) is 30.8 Å². The molecule has 0 radical (unpaired) electrons. The predicted molar refractivity (Wildman–Crippen MR) is 93.0 cm³/mol. The van der Waals surface area contributed by atoms with E-state index in [1.807, 2.05) is 0 Å². The molecule has 3 rings (SSSR count). The van der Waals surface area contributed by atoms with Crippen molar-refractivity contribution in [2.24, 2.45) is 0 Å². The number of hydrogen-bond donors (Lipinski definition) is 0. The molecule has 1 fully saturated rings. The van der Waals surface area contributed by atoms with E-state index in [9.17, 15) is 0 Å². The van der Waals surface area contributed by atoms with Crippen molar-refractivity contribution in [1.29, 1.82) is 0 Å². The molecule has 2 aromatic rings. The maximum Gasteiger partial charge on any atom is 0.00695 e. The summed E-state index contributed by atoms with van der Waals surface area (Å²) in [5, 5.41) is 0. The summed E-state index contributed by atoms with van der Waals surface area (Å²) in [4.78, 5) is 3.90. The number of rotatable bonds is 5. The van der Waals surface area contributed by atoms with E-state index in [0.29, 0.717) is 0 Å². The first-order valence-electron chi connectivity index (χ1n) is 7.81. The van der Waals surface area contributed by atoms with E-state index in [0.717, 1.165) is 0 Å². The summed E-state index contributed by atoms with van der Waals surface area (Å²) in [6, 6.07) is 17.9. The summed E-state index contributed by atoms with van der Waals surface area (Å²) in [7, 11) is 0. The van der Waals surface area contributed by atoms with Gasteiger partial charge in [0.2, 0.25) is 0 Å². The Morgan fingerprint density at radius 1 is 0.857 bits per heavy atom. The standard InChI is InChI=1S/C19H23NS/c1-21-19-10-8-18(9-11-19)17-6-4-16(5-7-17)12-15-20-13-2-3-14-20/h4-11H,2-3,12-15H2,1H3. The number of nitrogens with zero attached hydrogens (tertiary/aromatic N) is 1. The molecule has 110 valence electrons. The fourth-order valence-corrected chi connectivity index (χ4v) is 3.35. The fraction of sp³-hybridized carbons (Fsp3) is 0.368. The molecule has 2 heteroatoms. The minimum Gasteiger partial charge on any atom is -0.303 e. The smallest absolute Gasteiger partial charge is 0.00695 e. The maximum atomic E-state index is 2.58. The molecule has 0 saturated carbocycles. The second-order valence-corrected chi connectivity index (χ2v) is 6.60. The second kappa shape index (κ2) is 7.15. The van der Waals surface area contributed by atoms with Gasteiger partial charge >= 0.3 is 0 Å². The molecule has 0 atom stereocenters. The molecule has 0 bridgehead atoms. The molecular formula is C19H23NS. The predicted octanol–water partition coefficient (Wildman–Crippen LogP) is 4.71. The molecule has 1 heterocycles. The Labute approximate surface area is 132 Å². The van der Waals surface area contributed by atoms with Gasteiger partial charge < -0.3 is 4.90 Å². The van der Waals surface area contributed by atoms with E-state index in [1.165, 1.54) is 60.5 Å². The summed E-state index contributed by atoms with van der Waals surface area (Å²) in [5.74, 6) is 0. The third kappa shape index (κ3) is 3.90. The van der Waals surface area contributed by atoms with E-state index >= 15 is 0 Å². The van der Waals surface area contributed by atoms with Crippen molar-refractivity contribution in [2.45, 2.75) is 24.2 Å². The zero-order chi connectivity index (χ0) is 14.5. The lowest BCUT2D eigenvalue weighted by Gasteiger charge is -2.14. The molecule has 2 aromatic carbocycles. The third-order valence-electron chi connectivity index (χ3n) is 4.29. The Hall–Kier alpha value is -1.25. The average Bonchev–Trinajstić information content (AvgIpc) is 3.07. The normalized spacial score (nSPS) is 15.5. The van der Waals surface area contributed by atoms with Gasteiger partial charge in [-0.3, -0.25) is 0 Å². The highest BCUT2D eigenvalue weighted by Crippen LogP contribution is 2.23. The Morgan fingerprint density at radius 2 is 1.43 bits per heavy atom. The van der Waals surface area contributed by atoms with Crippen molar-refractivity contribution < 1.29 is 0 Å². The largest absolute Gasteiger partial charge is 0.303 e. The SMILES string of the molecule is CSc1ccc(-c2ccc(CCN3CCCC3)cc2)cc1. The molecule has 0 N–H and O–H groups in total. The lowest BCUT2D eigenvalue weighted by molar-refractivity contribution is 0.343. The second-order valence-electron chi connectivity index (χ2n) is 5.72. The summed E-state index contributed by atoms with van der Waals surface area (Å²) >= 11 is 1.79. The van der Waals surface area contributed by atoms with Crippen LogP contribution in [0.4, 0.5) is 0 Å². The highest BCUT2D eigenvalue weighted by atomic mass is 32.2. The van der Waals surface area contributed by atoms with Crippen LogP contribution in [-0.2, 0) is 6.42 Å². The van der Waals surface area contributed by atoms with Crippen molar-refractivity contribution in [2.75, 3.05) is 25.9 Å². The van der Waals surface area contributed by atoms with Crippen LogP contribution in [0.25, 0.3) is 11.1 Å². The number of likely N-dealkylation sites (tertiary alicyclic amines) is 1. The fourth-order valence-electron chi connectivity index (χ4n) is 2.94. The molecule has 0 spiro atoms. The van der Waals surface area contributed by atoms with Crippen LogP contribution >= 0.6 is 11.8 Å². The van der Waals surface area contributed by atoms with Crippen molar-refractivity contribution in [1.82, 2.24) is 4.90 Å². The van der Waals surface area contributed by atoms with Crippen molar-refractivity contribution >= 4 is 11.8 Å². The first kappa shape index (κ1) is 14.7. The summed E-state index contributed by atoms with van der Waals surface area (Å²) in [5.41, 5.74) is 4.07. The minimum atomic E-state index is 1.17. The van der Waals surface area contributed by atoms with Gasteiger partial charge in [0.05, 0.1) is 0 Å². The summed E-state index contributed by atoms with van der Waals surface area (Å²) in [6.07, 6.45) is 6.05. The van der Waals surface area contributed by atoms with Gasteiger partial charge in [0, 0.05) is 11.4 Å². The van der Waals surface area contributed by atoms with E-state index in [1.54, 1.807) is 11.8 Å². The molecule has 1 nitrogen and oxygen atoms in total. The maximum absolute atomic E-state index is 2.58. The molecule has 0 unspecified atom stereocenters. The Bertz CT molecular complexity index is 553. The Kier molecular flexibility index (Phi) is 5.00. The number of benzene rings is 2.